The van der Waals surface area contributed by atoms with Crippen molar-refractivity contribution >= 4 is 58.1 Å². The Hall–Kier alpha value is -1.94. The molecule has 0 aliphatic carbocycles. The van der Waals surface area contributed by atoms with E-state index in [0.717, 1.165) is 25.0 Å². The van der Waals surface area contributed by atoms with Gasteiger partial charge in [-0.15, -0.1) is 10.2 Å². The molecular weight excluding hydrogens is 434 g/mol. The largest absolute Gasteiger partial charge is 0.272 e. The van der Waals surface area contributed by atoms with Crippen molar-refractivity contribution in [3.8, 4) is 0 Å². The third-order valence-corrected chi connectivity index (χ3v) is 6.93. The van der Waals surface area contributed by atoms with Gasteiger partial charge < -0.3 is 0 Å². The SMILES string of the molecule is CC(=NNC(=O)CSc1nnc(SCc2ccc(Cl)cc2)s1)c1cccnc1. The molecule has 0 aliphatic heterocycles. The molecule has 0 saturated carbocycles. The Balaban J connectivity index is 1.43. The van der Waals surface area contributed by atoms with E-state index >= 15 is 0 Å². The average molecular weight is 450 g/mol. The first kappa shape index (κ1) is 20.8. The number of carbonyl (C=O) groups excluding carboxylic acids is 1. The van der Waals surface area contributed by atoms with Crippen LogP contribution in [-0.2, 0) is 10.5 Å². The molecule has 0 unspecified atom stereocenters. The molecule has 144 valence electrons. The van der Waals surface area contributed by atoms with Gasteiger partial charge in [0.05, 0.1) is 11.5 Å². The summed E-state index contributed by atoms with van der Waals surface area (Å²) in [7, 11) is 0. The predicted octanol–water partition coefficient (Wildman–Crippen LogP) is 4.51. The van der Waals surface area contributed by atoms with Gasteiger partial charge in [0, 0.05) is 28.7 Å². The Morgan fingerprint density at radius 1 is 1.18 bits per heavy atom. The maximum atomic E-state index is 12.0. The Morgan fingerprint density at radius 3 is 2.64 bits per heavy atom. The Kier molecular flexibility index (Phi) is 7.84. The fraction of sp³-hybridized carbons (Fsp3) is 0.167. The number of aromatic nitrogens is 3. The predicted molar refractivity (Wildman–Crippen MR) is 116 cm³/mol. The molecule has 1 N–H and O–H groups in total. The molecule has 2 heterocycles. The minimum atomic E-state index is -0.196. The van der Waals surface area contributed by atoms with E-state index < -0.39 is 0 Å². The Bertz CT molecular complexity index is 947. The molecular formula is C18H16ClN5OS3. The fourth-order valence-corrected chi connectivity index (χ4v) is 4.88. The van der Waals surface area contributed by atoms with Gasteiger partial charge in [-0.1, -0.05) is 64.7 Å². The third-order valence-electron chi connectivity index (χ3n) is 3.42. The van der Waals surface area contributed by atoms with Gasteiger partial charge in [-0.25, -0.2) is 5.43 Å². The second-order valence-corrected chi connectivity index (χ2v) is 9.37. The second-order valence-electron chi connectivity index (χ2n) is 5.51. The molecule has 3 aromatic rings. The van der Waals surface area contributed by atoms with E-state index in [1.165, 1.54) is 28.7 Å². The molecule has 10 heteroatoms. The van der Waals surface area contributed by atoms with E-state index in [0.29, 0.717) is 5.71 Å². The summed E-state index contributed by atoms with van der Waals surface area (Å²) in [5.74, 6) is 0.818. The number of rotatable bonds is 8. The fourth-order valence-electron chi connectivity index (χ4n) is 1.99. The summed E-state index contributed by atoms with van der Waals surface area (Å²) in [5.41, 5.74) is 5.28. The van der Waals surface area contributed by atoms with Crippen LogP contribution in [0.3, 0.4) is 0 Å². The number of hydrazone groups is 1. The van der Waals surface area contributed by atoms with E-state index in [9.17, 15) is 4.79 Å². The molecule has 2 aromatic heterocycles. The molecule has 0 radical (unpaired) electrons. The van der Waals surface area contributed by atoms with Crippen molar-refractivity contribution in [2.75, 3.05) is 5.75 Å². The Morgan fingerprint density at radius 2 is 1.93 bits per heavy atom. The highest BCUT2D eigenvalue weighted by Crippen LogP contribution is 2.30. The van der Waals surface area contributed by atoms with Crippen LogP contribution >= 0.6 is 46.5 Å². The highest BCUT2D eigenvalue weighted by molar-refractivity contribution is 8.03. The monoisotopic (exact) mass is 449 g/mol. The van der Waals surface area contributed by atoms with Crippen LogP contribution < -0.4 is 5.43 Å². The van der Waals surface area contributed by atoms with Gasteiger partial charge in [-0.2, -0.15) is 5.10 Å². The molecule has 1 aromatic carbocycles. The zero-order valence-corrected chi connectivity index (χ0v) is 18.0. The minimum absolute atomic E-state index is 0.196. The Labute approximate surface area is 180 Å². The number of amides is 1. The van der Waals surface area contributed by atoms with Gasteiger partial charge in [0.15, 0.2) is 8.68 Å². The summed E-state index contributed by atoms with van der Waals surface area (Å²) >= 11 is 10.3. The topological polar surface area (TPSA) is 80.1 Å². The van der Waals surface area contributed by atoms with E-state index in [4.69, 9.17) is 11.6 Å². The lowest BCUT2D eigenvalue weighted by molar-refractivity contribution is -0.118. The highest BCUT2D eigenvalue weighted by Gasteiger charge is 2.09. The molecule has 0 saturated heterocycles. The third kappa shape index (κ3) is 6.59. The number of benzene rings is 1. The van der Waals surface area contributed by atoms with Crippen molar-refractivity contribution in [2.24, 2.45) is 5.10 Å². The van der Waals surface area contributed by atoms with Crippen molar-refractivity contribution < 1.29 is 4.79 Å². The molecule has 6 nitrogen and oxygen atoms in total. The minimum Gasteiger partial charge on any atom is -0.272 e. The first-order valence-electron chi connectivity index (χ1n) is 8.17. The lowest BCUT2D eigenvalue weighted by Gasteiger charge is -2.01. The molecule has 0 atom stereocenters. The summed E-state index contributed by atoms with van der Waals surface area (Å²) in [6.07, 6.45) is 3.39. The van der Waals surface area contributed by atoms with Crippen molar-refractivity contribution in [2.45, 2.75) is 21.4 Å². The standard InChI is InChI=1S/C18H16ClN5OS3/c1-12(14-3-2-8-20-9-14)21-22-16(25)11-27-18-24-23-17(28-18)26-10-13-4-6-15(19)7-5-13/h2-9H,10-11H2,1H3,(H,22,25). The van der Waals surface area contributed by atoms with E-state index in [2.05, 4.69) is 25.7 Å². The average Bonchev–Trinajstić information content (AvgIpc) is 3.18. The summed E-state index contributed by atoms with van der Waals surface area (Å²) in [4.78, 5) is 16.0. The molecule has 1 amide bonds. The van der Waals surface area contributed by atoms with Crippen molar-refractivity contribution in [1.29, 1.82) is 0 Å². The summed E-state index contributed by atoms with van der Waals surface area (Å²) in [6, 6.07) is 11.4. The molecule has 28 heavy (non-hydrogen) atoms. The number of nitrogens with zero attached hydrogens (tertiary/aromatic N) is 4. The quantitative estimate of drug-likeness (QED) is 0.309. The van der Waals surface area contributed by atoms with Gasteiger partial charge >= 0.3 is 0 Å². The normalized spacial score (nSPS) is 11.4. The number of pyridine rings is 1. The first-order chi connectivity index (χ1) is 13.6. The zero-order chi connectivity index (χ0) is 19.8. The van der Waals surface area contributed by atoms with Crippen LogP contribution in [0.4, 0.5) is 0 Å². The number of thioether (sulfide) groups is 2. The van der Waals surface area contributed by atoms with Crippen LogP contribution in [0.5, 0.6) is 0 Å². The van der Waals surface area contributed by atoms with Gasteiger partial charge in [0.25, 0.3) is 5.91 Å². The van der Waals surface area contributed by atoms with Gasteiger partial charge in [0.1, 0.15) is 0 Å². The first-order valence-corrected chi connectivity index (χ1v) is 11.3. The van der Waals surface area contributed by atoms with Crippen LogP contribution in [0.15, 0.2) is 62.6 Å². The van der Waals surface area contributed by atoms with Gasteiger partial charge in [-0.05, 0) is 30.7 Å². The second kappa shape index (κ2) is 10.6. The van der Waals surface area contributed by atoms with Crippen LogP contribution in [0, 0.1) is 0 Å². The lowest BCUT2D eigenvalue weighted by Crippen LogP contribution is -2.21. The maximum absolute atomic E-state index is 12.0. The lowest BCUT2D eigenvalue weighted by atomic mass is 10.2. The summed E-state index contributed by atoms with van der Waals surface area (Å²) < 4.78 is 1.62. The van der Waals surface area contributed by atoms with Crippen LogP contribution in [0.25, 0.3) is 0 Å². The van der Waals surface area contributed by atoms with Crippen molar-refractivity contribution in [3.63, 3.8) is 0 Å². The van der Waals surface area contributed by atoms with Crippen molar-refractivity contribution in [1.82, 2.24) is 20.6 Å². The van der Waals surface area contributed by atoms with E-state index in [1.54, 1.807) is 24.2 Å². The number of halogens is 1. The highest BCUT2D eigenvalue weighted by atomic mass is 35.5. The summed E-state index contributed by atoms with van der Waals surface area (Å²) in [5, 5.41) is 13.1. The molecule has 0 aliphatic rings. The molecule has 0 fully saturated rings. The van der Waals surface area contributed by atoms with Gasteiger partial charge in [-0.3, -0.25) is 9.78 Å². The van der Waals surface area contributed by atoms with E-state index in [1.807, 2.05) is 43.3 Å². The summed E-state index contributed by atoms with van der Waals surface area (Å²) in [6.45, 7) is 1.82. The van der Waals surface area contributed by atoms with Gasteiger partial charge in [0.2, 0.25) is 0 Å². The maximum Gasteiger partial charge on any atom is 0.250 e. The van der Waals surface area contributed by atoms with Crippen LogP contribution in [-0.4, -0.2) is 32.6 Å². The molecule has 3 rings (SSSR count). The van der Waals surface area contributed by atoms with Crippen LogP contribution in [0.1, 0.15) is 18.1 Å². The smallest absolute Gasteiger partial charge is 0.250 e. The van der Waals surface area contributed by atoms with Crippen LogP contribution in [0.2, 0.25) is 5.02 Å². The number of carbonyl (C=O) groups is 1. The number of hydrogen-bond acceptors (Lipinski definition) is 8. The molecule has 0 bridgehead atoms. The van der Waals surface area contributed by atoms with E-state index in [-0.39, 0.29) is 11.7 Å². The molecule has 0 spiro atoms. The number of hydrogen-bond donors (Lipinski definition) is 1. The zero-order valence-electron chi connectivity index (χ0n) is 14.8. The number of nitrogens with one attached hydrogen (secondary N) is 1. The van der Waals surface area contributed by atoms with Crippen molar-refractivity contribution in [3.05, 3.63) is 64.9 Å².